The highest BCUT2D eigenvalue weighted by Gasteiger charge is 2.38. The summed E-state index contributed by atoms with van der Waals surface area (Å²) in [6.45, 7) is 14.4. The summed E-state index contributed by atoms with van der Waals surface area (Å²) in [7, 11) is -2.00. The van der Waals surface area contributed by atoms with E-state index in [-0.39, 0.29) is 23.5 Å². The van der Waals surface area contributed by atoms with Gasteiger partial charge in [-0.2, -0.15) is 13.2 Å². The summed E-state index contributed by atoms with van der Waals surface area (Å²) < 4.78 is 49.7. The predicted octanol–water partition coefficient (Wildman–Crippen LogP) is 5.66. The SMILES string of the molecule is C=C[C@H](COc1cccc(C(F)(F)F)c1)O[Si](C)(C)C(C)(C)C. The fourth-order valence-corrected chi connectivity index (χ4v) is 2.92. The molecular weight excluding hydrogens is 321 g/mol. The molecule has 0 radical (unpaired) electrons. The molecule has 0 fully saturated rings. The maximum Gasteiger partial charge on any atom is 0.416 e. The second-order valence-corrected chi connectivity index (χ2v) is 11.7. The van der Waals surface area contributed by atoms with Gasteiger partial charge in [-0.05, 0) is 36.3 Å². The molecule has 0 bridgehead atoms. The molecule has 1 aromatic carbocycles. The molecule has 0 aromatic heterocycles. The van der Waals surface area contributed by atoms with E-state index in [0.717, 1.165) is 12.1 Å². The van der Waals surface area contributed by atoms with Gasteiger partial charge in [-0.25, -0.2) is 0 Å². The van der Waals surface area contributed by atoms with E-state index < -0.39 is 20.1 Å². The van der Waals surface area contributed by atoms with Crippen LogP contribution in [0, 0.1) is 0 Å². The molecule has 0 aliphatic heterocycles. The highest BCUT2D eigenvalue weighted by atomic mass is 28.4. The topological polar surface area (TPSA) is 18.5 Å². The first-order valence-corrected chi connectivity index (χ1v) is 10.4. The third kappa shape index (κ3) is 5.69. The van der Waals surface area contributed by atoms with Gasteiger partial charge in [0, 0.05) is 0 Å². The Kier molecular flexibility index (Phi) is 6.10. The molecule has 1 aromatic rings. The van der Waals surface area contributed by atoms with E-state index in [9.17, 15) is 13.2 Å². The number of ether oxygens (including phenoxy) is 1. The number of halogens is 3. The Hall–Kier alpha value is -1.27. The van der Waals surface area contributed by atoms with Crippen molar-refractivity contribution < 1.29 is 22.3 Å². The Morgan fingerprint density at radius 3 is 2.30 bits per heavy atom. The molecule has 0 spiro atoms. The fraction of sp³-hybridized carbons (Fsp3) is 0.529. The van der Waals surface area contributed by atoms with Crippen LogP contribution < -0.4 is 4.74 Å². The highest BCUT2D eigenvalue weighted by Crippen LogP contribution is 2.37. The molecule has 0 saturated heterocycles. The summed E-state index contributed by atoms with van der Waals surface area (Å²) in [5, 5.41) is 0.0322. The van der Waals surface area contributed by atoms with E-state index in [1.807, 2.05) is 0 Å². The zero-order valence-corrected chi connectivity index (χ0v) is 15.3. The standard InChI is InChI=1S/C17H25F3O2Si/c1-7-14(22-23(5,6)16(2,3)4)12-21-15-10-8-9-13(11-15)17(18,19)20/h7-11,14H,1,12H2,2-6H3/t14-/m1/s1. The molecule has 0 aliphatic carbocycles. The monoisotopic (exact) mass is 346 g/mol. The third-order valence-electron chi connectivity index (χ3n) is 4.09. The summed E-state index contributed by atoms with van der Waals surface area (Å²) in [5.41, 5.74) is -0.726. The minimum atomic E-state index is -4.38. The lowest BCUT2D eigenvalue weighted by molar-refractivity contribution is -0.137. The maximum absolute atomic E-state index is 12.7. The van der Waals surface area contributed by atoms with Crippen LogP contribution >= 0.6 is 0 Å². The first-order valence-electron chi connectivity index (χ1n) is 7.47. The van der Waals surface area contributed by atoms with Crippen LogP contribution in [0.3, 0.4) is 0 Å². The average Bonchev–Trinajstić information content (AvgIpc) is 2.41. The maximum atomic E-state index is 12.7. The zero-order chi connectivity index (χ0) is 17.9. The lowest BCUT2D eigenvalue weighted by atomic mass is 10.2. The first kappa shape index (κ1) is 19.8. The van der Waals surface area contributed by atoms with Crippen molar-refractivity contribution in [2.45, 2.75) is 51.2 Å². The second kappa shape index (κ2) is 7.09. The molecule has 0 unspecified atom stereocenters. The predicted molar refractivity (Wildman–Crippen MR) is 89.2 cm³/mol. The van der Waals surface area contributed by atoms with Gasteiger partial charge in [-0.1, -0.05) is 32.9 Å². The lowest BCUT2D eigenvalue weighted by Crippen LogP contribution is -2.44. The Bertz CT molecular complexity index is 533. The quantitative estimate of drug-likeness (QED) is 0.489. The Labute approximate surface area is 137 Å². The molecule has 0 saturated carbocycles. The van der Waals surface area contributed by atoms with Crippen molar-refractivity contribution in [3.8, 4) is 5.75 Å². The van der Waals surface area contributed by atoms with E-state index in [1.165, 1.54) is 12.1 Å². The number of rotatable bonds is 6. The fourth-order valence-electron chi connectivity index (χ4n) is 1.65. The van der Waals surface area contributed by atoms with Gasteiger partial charge in [-0.3, -0.25) is 0 Å². The van der Waals surface area contributed by atoms with Gasteiger partial charge in [0.15, 0.2) is 8.32 Å². The summed E-state index contributed by atoms with van der Waals surface area (Å²) in [5.74, 6) is 0.172. The summed E-state index contributed by atoms with van der Waals surface area (Å²) in [4.78, 5) is 0. The number of alkyl halides is 3. The molecule has 130 valence electrons. The van der Waals surface area contributed by atoms with Crippen LogP contribution in [0.2, 0.25) is 18.1 Å². The summed E-state index contributed by atoms with van der Waals surface area (Å²) >= 11 is 0. The molecule has 0 amide bonds. The van der Waals surface area contributed by atoms with Gasteiger partial charge >= 0.3 is 6.18 Å². The van der Waals surface area contributed by atoms with Gasteiger partial charge in [-0.15, -0.1) is 6.58 Å². The Balaban J connectivity index is 2.74. The largest absolute Gasteiger partial charge is 0.491 e. The molecule has 0 heterocycles. The minimum absolute atomic E-state index is 0.0322. The van der Waals surface area contributed by atoms with Crippen LogP contribution in [-0.4, -0.2) is 21.0 Å². The van der Waals surface area contributed by atoms with Crippen molar-refractivity contribution in [2.75, 3.05) is 6.61 Å². The smallest absolute Gasteiger partial charge is 0.416 e. The Morgan fingerprint density at radius 2 is 1.83 bits per heavy atom. The van der Waals surface area contributed by atoms with Crippen molar-refractivity contribution in [1.29, 1.82) is 0 Å². The van der Waals surface area contributed by atoms with Crippen LogP contribution in [0.1, 0.15) is 26.3 Å². The Morgan fingerprint density at radius 1 is 1.22 bits per heavy atom. The van der Waals surface area contributed by atoms with E-state index >= 15 is 0 Å². The van der Waals surface area contributed by atoms with Crippen LogP contribution in [0.25, 0.3) is 0 Å². The summed E-state index contributed by atoms with van der Waals surface area (Å²) in [6, 6.07) is 4.84. The van der Waals surface area contributed by atoms with E-state index in [4.69, 9.17) is 9.16 Å². The van der Waals surface area contributed by atoms with Crippen molar-refractivity contribution in [1.82, 2.24) is 0 Å². The molecular formula is C17H25F3O2Si. The number of hydrogen-bond acceptors (Lipinski definition) is 2. The van der Waals surface area contributed by atoms with Gasteiger partial charge in [0.25, 0.3) is 0 Å². The highest BCUT2D eigenvalue weighted by molar-refractivity contribution is 6.74. The lowest BCUT2D eigenvalue weighted by Gasteiger charge is -2.38. The van der Waals surface area contributed by atoms with Gasteiger partial charge in [0.05, 0.1) is 11.7 Å². The molecule has 6 heteroatoms. The second-order valence-electron chi connectivity index (χ2n) is 6.99. The van der Waals surface area contributed by atoms with Crippen molar-refractivity contribution in [2.24, 2.45) is 0 Å². The molecule has 0 N–H and O–H groups in total. The van der Waals surface area contributed by atoms with E-state index in [1.54, 1.807) is 6.08 Å². The summed E-state index contributed by atoms with van der Waals surface area (Å²) in [6.07, 6.45) is -3.10. The van der Waals surface area contributed by atoms with Crippen LogP contribution in [0.5, 0.6) is 5.75 Å². The van der Waals surface area contributed by atoms with E-state index in [2.05, 4.69) is 40.4 Å². The van der Waals surface area contributed by atoms with Crippen molar-refractivity contribution in [3.05, 3.63) is 42.5 Å². The zero-order valence-electron chi connectivity index (χ0n) is 14.3. The molecule has 0 aliphatic rings. The van der Waals surface area contributed by atoms with Crippen LogP contribution in [0.15, 0.2) is 36.9 Å². The average molecular weight is 346 g/mol. The van der Waals surface area contributed by atoms with Crippen molar-refractivity contribution >= 4 is 8.32 Å². The van der Waals surface area contributed by atoms with Crippen LogP contribution in [-0.2, 0) is 10.6 Å². The van der Waals surface area contributed by atoms with Crippen LogP contribution in [0.4, 0.5) is 13.2 Å². The normalized spacial score (nSPS) is 14.4. The van der Waals surface area contributed by atoms with Crippen molar-refractivity contribution in [3.63, 3.8) is 0 Å². The minimum Gasteiger partial charge on any atom is -0.491 e. The number of hydrogen-bond donors (Lipinski definition) is 0. The van der Waals surface area contributed by atoms with Gasteiger partial charge < -0.3 is 9.16 Å². The first-order chi connectivity index (χ1) is 10.4. The van der Waals surface area contributed by atoms with Gasteiger partial charge in [0.1, 0.15) is 12.4 Å². The van der Waals surface area contributed by atoms with E-state index in [0.29, 0.717) is 0 Å². The molecule has 2 nitrogen and oxygen atoms in total. The molecule has 1 atom stereocenters. The third-order valence-corrected chi connectivity index (χ3v) is 8.60. The van der Waals surface area contributed by atoms with Gasteiger partial charge in [0.2, 0.25) is 0 Å². The molecule has 1 rings (SSSR count). The number of benzene rings is 1. The molecule has 23 heavy (non-hydrogen) atoms.